The van der Waals surface area contributed by atoms with E-state index in [1.165, 1.54) is 0 Å². The number of hydrogen-bond acceptors (Lipinski definition) is 3. The van der Waals surface area contributed by atoms with Crippen molar-refractivity contribution in [3.05, 3.63) is 35.9 Å². The zero-order valence-electron chi connectivity index (χ0n) is 13.7. The third-order valence-electron chi connectivity index (χ3n) is 3.72. The van der Waals surface area contributed by atoms with Gasteiger partial charge in [-0.2, -0.15) is 0 Å². The molecule has 1 rings (SSSR count). The summed E-state index contributed by atoms with van der Waals surface area (Å²) < 4.78 is 24.4. The predicted octanol–water partition coefficient (Wildman–Crippen LogP) is 5.51. The third kappa shape index (κ3) is 7.26. The normalized spacial score (nSPS) is 14.9. The van der Waals surface area contributed by atoms with Crippen LogP contribution in [-0.2, 0) is 19.8 Å². The molecule has 0 fully saturated rings. The van der Waals surface area contributed by atoms with Gasteiger partial charge in [0.25, 0.3) is 0 Å². The second-order valence-corrected chi connectivity index (χ2v) is 7.93. The van der Waals surface area contributed by atoms with Crippen LogP contribution >= 0.6 is 7.60 Å². The first-order valence-corrected chi connectivity index (χ1v) is 9.64. The van der Waals surface area contributed by atoms with Gasteiger partial charge in [-0.15, -0.1) is 0 Å². The van der Waals surface area contributed by atoms with Gasteiger partial charge in [-0.05, 0) is 17.4 Å². The maximum atomic E-state index is 13.0. The molecule has 0 aliphatic rings. The van der Waals surface area contributed by atoms with Crippen molar-refractivity contribution in [2.24, 2.45) is 11.8 Å². The Morgan fingerprint density at radius 3 is 1.86 bits per heavy atom. The molecule has 0 saturated carbocycles. The molecule has 0 N–H and O–H groups in total. The number of benzene rings is 1. The maximum Gasteiger partial charge on any atom is 0.335 e. The molecule has 0 unspecified atom stereocenters. The van der Waals surface area contributed by atoms with Crippen molar-refractivity contribution >= 4 is 7.60 Å². The summed E-state index contributed by atoms with van der Waals surface area (Å²) in [5.41, 5.74) is 0.995. The number of hydrogen-bond donors (Lipinski definition) is 0. The van der Waals surface area contributed by atoms with Gasteiger partial charge in [0, 0.05) is 0 Å². The molecule has 1 aromatic rings. The van der Waals surface area contributed by atoms with Crippen LogP contribution in [0.1, 0.15) is 46.1 Å². The van der Waals surface area contributed by atoms with E-state index in [0.717, 1.165) is 18.4 Å². The highest BCUT2D eigenvalue weighted by Gasteiger charge is 2.26. The van der Waals surface area contributed by atoms with Crippen LogP contribution in [0.3, 0.4) is 0 Å². The van der Waals surface area contributed by atoms with Gasteiger partial charge in [0.2, 0.25) is 0 Å². The van der Waals surface area contributed by atoms with Crippen molar-refractivity contribution in [1.29, 1.82) is 0 Å². The van der Waals surface area contributed by atoms with Crippen LogP contribution in [0.4, 0.5) is 0 Å². The van der Waals surface area contributed by atoms with Gasteiger partial charge in [0.1, 0.15) is 0 Å². The molecule has 0 amide bonds. The van der Waals surface area contributed by atoms with Crippen LogP contribution in [0.2, 0.25) is 0 Å². The summed E-state index contributed by atoms with van der Waals surface area (Å²) in [4.78, 5) is 0. The average Bonchev–Trinajstić information content (AvgIpc) is 2.51. The molecule has 120 valence electrons. The molecule has 0 radical (unpaired) electrons. The van der Waals surface area contributed by atoms with Crippen LogP contribution < -0.4 is 0 Å². The fraction of sp³-hybridized carbons (Fsp3) is 0.647. The Morgan fingerprint density at radius 1 is 0.952 bits per heavy atom. The van der Waals surface area contributed by atoms with E-state index in [1.807, 2.05) is 30.3 Å². The second kappa shape index (κ2) is 9.40. The molecule has 0 heterocycles. The molecule has 1 aromatic carbocycles. The molecule has 21 heavy (non-hydrogen) atoms. The highest BCUT2D eigenvalue weighted by Crippen LogP contribution is 2.52. The first-order valence-electron chi connectivity index (χ1n) is 7.91. The molecule has 3 nitrogen and oxygen atoms in total. The van der Waals surface area contributed by atoms with Gasteiger partial charge in [-0.25, -0.2) is 0 Å². The zero-order chi connectivity index (χ0) is 15.7. The van der Waals surface area contributed by atoms with Crippen molar-refractivity contribution < 1.29 is 13.6 Å². The van der Waals surface area contributed by atoms with Crippen LogP contribution in [0.5, 0.6) is 0 Å². The smallest absolute Gasteiger partial charge is 0.308 e. The molecular weight excluding hydrogens is 283 g/mol. The predicted molar refractivity (Wildman–Crippen MR) is 88.6 cm³/mol. The Labute approximate surface area is 129 Å². The topological polar surface area (TPSA) is 35.5 Å². The van der Waals surface area contributed by atoms with Crippen LogP contribution in [0.15, 0.2) is 30.3 Å². The molecule has 2 atom stereocenters. The minimum Gasteiger partial charge on any atom is -0.308 e. The standard InChI is InChI=1S/C17H29O3P/c1-5-15(3)12-19-21(18,20-13-16(4)6-2)14-17-10-8-7-9-11-17/h7-11,15-16H,5-6,12-14H2,1-4H3/t15-,16-/m0/s1. The van der Waals surface area contributed by atoms with E-state index in [2.05, 4.69) is 27.7 Å². The van der Waals surface area contributed by atoms with Crippen LogP contribution in [0.25, 0.3) is 0 Å². The van der Waals surface area contributed by atoms with Gasteiger partial charge in [-0.3, -0.25) is 4.57 Å². The van der Waals surface area contributed by atoms with Gasteiger partial charge in [0.15, 0.2) is 0 Å². The maximum absolute atomic E-state index is 13.0. The largest absolute Gasteiger partial charge is 0.335 e. The second-order valence-electron chi connectivity index (χ2n) is 5.87. The van der Waals surface area contributed by atoms with E-state index in [-0.39, 0.29) is 0 Å². The minimum absolute atomic E-state index is 0.348. The van der Waals surface area contributed by atoms with Crippen molar-refractivity contribution in [3.63, 3.8) is 0 Å². The van der Waals surface area contributed by atoms with Crippen LogP contribution in [-0.4, -0.2) is 13.2 Å². The Kier molecular flexibility index (Phi) is 8.24. The molecule has 0 saturated heterocycles. The van der Waals surface area contributed by atoms with E-state index >= 15 is 0 Å². The summed E-state index contributed by atoms with van der Waals surface area (Å²) in [6, 6.07) is 9.78. The summed E-state index contributed by atoms with van der Waals surface area (Å²) in [6.07, 6.45) is 2.37. The zero-order valence-corrected chi connectivity index (χ0v) is 14.6. The van der Waals surface area contributed by atoms with E-state index in [9.17, 15) is 4.57 Å². The Bertz CT molecular complexity index is 415. The SMILES string of the molecule is CC[C@H](C)COP(=O)(Cc1ccccc1)OC[C@@H](C)CC. The molecule has 0 spiro atoms. The van der Waals surface area contributed by atoms with E-state index in [0.29, 0.717) is 31.2 Å². The lowest BCUT2D eigenvalue weighted by Gasteiger charge is -2.22. The summed E-state index contributed by atoms with van der Waals surface area (Å²) in [5, 5.41) is 0. The fourth-order valence-electron chi connectivity index (χ4n) is 1.65. The monoisotopic (exact) mass is 312 g/mol. The molecular formula is C17H29O3P. The van der Waals surface area contributed by atoms with Gasteiger partial charge < -0.3 is 9.05 Å². The van der Waals surface area contributed by atoms with E-state index < -0.39 is 7.60 Å². The van der Waals surface area contributed by atoms with Crippen molar-refractivity contribution in [2.75, 3.05) is 13.2 Å². The molecule has 4 heteroatoms. The Morgan fingerprint density at radius 2 is 1.43 bits per heavy atom. The summed E-state index contributed by atoms with van der Waals surface area (Å²) in [5.74, 6) is 0.780. The first kappa shape index (κ1) is 18.4. The van der Waals surface area contributed by atoms with E-state index in [4.69, 9.17) is 9.05 Å². The van der Waals surface area contributed by atoms with Gasteiger partial charge in [-0.1, -0.05) is 70.9 Å². The third-order valence-corrected chi connectivity index (χ3v) is 5.56. The quantitative estimate of drug-likeness (QED) is 0.535. The van der Waals surface area contributed by atoms with Crippen molar-refractivity contribution in [1.82, 2.24) is 0 Å². The lowest BCUT2D eigenvalue weighted by Crippen LogP contribution is -2.10. The molecule has 0 aliphatic heterocycles. The Balaban J connectivity index is 2.70. The molecule has 0 aliphatic carbocycles. The molecule has 0 bridgehead atoms. The lowest BCUT2D eigenvalue weighted by molar-refractivity contribution is 0.163. The van der Waals surface area contributed by atoms with Crippen molar-refractivity contribution in [2.45, 2.75) is 46.7 Å². The van der Waals surface area contributed by atoms with Gasteiger partial charge >= 0.3 is 7.60 Å². The number of rotatable bonds is 10. The van der Waals surface area contributed by atoms with E-state index in [1.54, 1.807) is 0 Å². The highest BCUT2D eigenvalue weighted by molar-refractivity contribution is 7.53. The van der Waals surface area contributed by atoms with Gasteiger partial charge in [0.05, 0.1) is 19.4 Å². The fourth-order valence-corrected chi connectivity index (χ4v) is 3.53. The van der Waals surface area contributed by atoms with Crippen molar-refractivity contribution in [3.8, 4) is 0 Å². The summed E-state index contributed by atoms with van der Waals surface area (Å²) in [6.45, 7) is 9.39. The van der Waals surface area contributed by atoms with Crippen LogP contribution in [0, 0.1) is 11.8 Å². The summed E-state index contributed by atoms with van der Waals surface area (Å²) in [7, 11) is -3.08. The Hall–Kier alpha value is -0.630. The lowest BCUT2D eigenvalue weighted by atomic mass is 10.1. The minimum atomic E-state index is -3.08. The summed E-state index contributed by atoms with van der Waals surface area (Å²) >= 11 is 0. The average molecular weight is 312 g/mol. The highest BCUT2D eigenvalue weighted by atomic mass is 31.2. The molecule has 0 aromatic heterocycles. The first-order chi connectivity index (χ1) is 9.99.